The van der Waals surface area contributed by atoms with Crippen LogP contribution in [0, 0.1) is 0 Å². The summed E-state index contributed by atoms with van der Waals surface area (Å²) in [5, 5.41) is 9.01. The normalized spacial score (nSPS) is 31.5. The number of rotatable bonds is 12. The lowest BCUT2D eigenvalue weighted by Crippen LogP contribution is -2.62. The highest BCUT2D eigenvalue weighted by atomic mass is 32.3. The van der Waals surface area contributed by atoms with Crippen molar-refractivity contribution in [2.45, 2.75) is 49.3 Å². The molecule has 2 saturated heterocycles. The first-order valence-electron chi connectivity index (χ1n) is 9.58. The molecule has 0 radical (unpaired) electrons. The van der Waals surface area contributed by atoms with E-state index in [0.29, 0.717) is 0 Å². The van der Waals surface area contributed by atoms with Crippen molar-refractivity contribution in [3.05, 3.63) is 0 Å². The smallest absolute Gasteiger partial charge is 0.450 e. The minimum absolute atomic E-state index is 0.655. The van der Waals surface area contributed by atoms with Gasteiger partial charge in [-0.25, -0.2) is 17.3 Å². The first-order chi connectivity index (χ1) is 17.1. The molecule has 26 heteroatoms. The van der Waals surface area contributed by atoms with Crippen LogP contribution in [0.3, 0.4) is 0 Å². The van der Waals surface area contributed by atoms with Gasteiger partial charge in [0.15, 0.2) is 12.4 Å². The van der Waals surface area contributed by atoms with Gasteiger partial charge in [0.05, 0.1) is 25.9 Å². The third-order valence-corrected chi connectivity index (χ3v) is 6.52. The third kappa shape index (κ3) is 11.8. The zero-order valence-electron chi connectivity index (χ0n) is 18.3. The molecule has 0 aromatic rings. The summed E-state index contributed by atoms with van der Waals surface area (Å²) in [5.41, 5.74) is 0. The Labute approximate surface area is 214 Å². The summed E-state index contributed by atoms with van der Waals surface area (Å²) in [4.78, 5) is 11.2. The van der Waals surface area contributed by atoms with Gasteiger partial charge < -0.3 is 24.1 Å². The average molecular weight is 644 g/mol. The molecule has 2 heterocycles. The summed E-state index contributed by atoms with van der Waals surface area (Å²) in [6.45, 7) is -2.42. The van der Waals surface area contributed by atoms with E-state index in [4.69, 9.17) is 33.0 Å². The van der Waals surface area contributed by atoms with E-state index in [0.717, 1.165) is 0 Å². The van der Waals surface area contributed by atoms with Gasteiger partial charge in [0, 0.05) is 6.42 Å². The molecule has 0 amide bonds. The second-order valence-corrected chi connectivity index (χ2v) is 11.8. The lowest BCUT2D eigenvalue weighted by Gasteiger charge is -2.43. The summed E-state index contributed by atoms with van der Waals surface area (Å²) >= 11 is 0. The zero-order chi connectivity index (χ0) is 29.1. The monoisotopic (exact) mass is 643 g/mol. The highest BCUT2D eigenvalue weighted by molar-refractivity contribution is 7.83. The maximum atomic E-state index is 11.5. The SMILES string of the molecule is O=C(O)O[C@@H]1C(OS(=O)(=O)O)COC[C@@H]1O[C@@H]1OC(COS(=O)(=O)O)CC(OS(=O)(=O)O)[C@@H]1NS(=O)(=O)O. The lowest BCUT2D eigenvalue weighted by atomic mass is 10.0. The molecular formula is C12H21NO21S4. The molecule has 3 unspecified atom stereocenters. The predicted octanol–water partition coefficient (Wildman–Crippen LogP) is -3.46. The van der Waals surface area contributed by atoms with Gasteiger partial charge >= 0.3 is 47.7 Å². The molecular weight excluding hydrogens is 622 g/mol. The average Bonchev–Trinajstić information content (AvgIpc) is 2.67. The first-order valence-corrected chi connectivity index (χ1v) is 15.1. The molecule has 0 aromatic carbocycles. The van der Waals surface area contributed by atoms with Crippen LogP contribution in [0.1, 0.15) is 6.42 Å². The summed E-state index contributed by atoms with van der Waals surface area (Å²) in [7, 11) is -20.9. The molecule has 2 aliphatic rings. The molecule has 38 heavy (non-hydrogen) atoms. The number of nitrogens with one attached hydrogen (secondary N) is 1. The Hall–Kier alpha value is -1.37. The van der Waals surface area contributed by atoms with Gasteiger partial charge in [-0.3, -0.25) is 18.2 Å². The summed E-state index contributed by atoms with van der Waals surface area (Å²) < 4.78 is 160. The lowest BCUT2D eigenvalue weighted by molar-refractivity contribution is -0.278. The zero-order valence-corrected chi connectivity index (χ0v) is 21.5. The van der Waals surface area contributed by atoms with E-state index in [2.05, 4.69) is 17.3 Å². The van der Waals surface area contributed by atoms with E-state index >= 15 is 0 Å². The van der Waals surface area contributed by atoms with Crippen LogP contribution in [0.25, 0.3) is 0 Å². The molecule has 2 aliphatic heterocycles. The molecule has 0 saturated carbocycles. The van der Waals surface area contributed by atoms with Crippen molar-refractivity contribution >= 4 is 47.7 Å². The quantitative estimate of drug-likeness (QED) is 0.0888. The van der Waals surface area contributed by atoms with E-state index in [1.165, 1.54) is 4.72 Å². The van der Waals surface area contributed by atoms with Crippen molar-refractivity contribution in [2.75, 3.05) is 19.8 Å². The van der Waals surface area contributed by atoms with Gasteiger partial charge in [-0.2, -0.15) is 38.4 Å². The first kappa shape index (κ1) is 32.8. The van der Waals surface area contributed by atoms with Crippen molar-refractivity contribution < 1.29 is 93.3 Å². The van der Waals surface area contributed by atoms with Crippen LogP contribution in [0.15, 0.2) is 0 Å². The van der Waals surface area contributed by atoms with Gasteiger partial charge in [-0.1, -0.05) is 0 Å². The van der Waals surface area contributed by atoms with Crippen LogP contribution < -0.4 is 4.72 Å². The number of hydrogen-bond acceptors (Lipinski definition) is 16. The van der Waals surface area contributed by atoms with E-state index in [1.54, 1.807) is 0 Å². The Balaban J connectivity index is 2.45. The second kappa shape index (κ2) is 12.4. The highest BCUT2D eigenvalue weighted by Crippen LogP contribution is 2.29. The number of hydrogen-bond donors (Lipinski definition) is 6. The van der Waals surface area contributed by atoms with E-state index < -0.39 is 117 Å². The molecule has 7 atom stereocenters. The van der Waals surface area contributed by atoms with Gasteiger partial charge in [0.1, 0.15) is 24.4 Å². The summed E-state index contributed by atoms with van der Waals surface area (Å²) in [5.74, 6) is 0. The second-order valence-electron chi connectivity index (χ2n) is 7.38. The van der Waals surface area contributed by atoms with Crippen LogP contribution in [-0.2, 0) is 73.0 Å². The molecule has 2 rings (SSSR count). The minimum atomic E-state index is -5.37. The van der Waals surface area contributed by atoms with Crippen molar-refractivity contribution in [3.63, 3.8) is 0 Å². The molecule has 0 aromatic heterocycles. The van der Waals surface area contributed by atoms with Crippen molar-refractivity contribution in [2.24, 2.45) is 0 Å². The fraction of sp³-hybridized carbons (Fsp3) is 0.917. The highest BCUT2D eigenvalue weighted by Gasteiger charge is 2.49. The molecule has 6 N–H and O–H groups in total. The van der Waals surface area contributed by atoms with Gasteiger partial charge in [-0.15, -0.1) is 0 Å². The molecule has 22 nitrogen and oxygen atoms in total. The molecule has 0 bridgehead atoms. The Morgan fingerprint density at radius 2 is 1.39 bits per heavy atom. The topological polar surface area (TPSA) is 331 Å². The van der Waals surface area contributed by atoms with Crippen molar-refractivity contribution in [1.82, 2.24) is 4.72 Å². The molecule has 0 aliphatic carbocycles. The van der Waals surface area contributed by atoms with Crippen molar-refractivity contribution in [3.8, 4) is 0 Å². The van der Waals surface area contributed by atoms with E-state index in [9.17, 15) is 43.0 Å². The standard InChI is InChI=1S/C12H21NO21S4/c14-12(15)32-10-7(3-28-4-8(10)34-38(25,26)27)31-11-9(13-35(16,17)18)6(33-37(22,23)24)1-5(30-11)2-29-36(19,20)21/h5-11,13H,1-4H2,(H,14,15)(H,16,17,18)(H,19,20,21)(H,22,23,24)(H,25,26,27)/t5?,6?,7-,8?,9-,10-,11-/m0/s1. The minimum Gasteiger partial charge on any atom is -0.450 e. The number of carbonyl (C=O) groups is 1. The number of ether oxygens (including phenoxy) is 4. The van der Waals surface area contributed by atoms with Crippen LogP contribution in [0.5, 0.6) is 0 Å². The van der Waals surface area contributed by atoms with Gasteiger partial charge in [0.25, 0.3) is 0 Å². The van der Waals surface area contributed by atoms with Crippen LogP contribution in [0.2, 0.25) is 0 Å². The largest absolute Gasteiger partial charge is 0.506 e. The van der Waals surface area contributed by atoms with Crippen LogP contribution in [0.4, 0.5) is 4.79 Å². The predicted molar refractivity (Wildman–Crippen MR) is 111 cm³/mol. The van der Waals surface area contributed by atoms with Crippen molar-refractivity contribution in [1.29, 1.82) is 0 Å². The Kier molecular flexibility index (Phi) is 10.7. The van der Waals surface area contributed by atoms with E-state index in [-0.39, 0.29) is 0 Å². The van der Waals surface area contributed by atoms with Gasteiger partial charge in [0.2, 0.25) is 0 Å². The maximum Gasteiger partial charge on any atom is 0.506 e. The number of carboxylic acid groups (broad SMARTS) is 1. The Bertz CT molecular complexity index is 1260. The summed E-state index contributed by atoms with van der Waals surface area (Å²) in [6, 6.07) is -2.11. The van der Waals surface area contributed by atoms with E-state index in [1.807, 2.05) is 0 Å². The molecule has 0 spiro atoms. The maximum absolute atomic E-state index is 11.5. The Morgan fingerprint density at radius 1 is 0.842 bits per heavy atom. The fourth-order valence-corrected chi connectivity index (χ4v) is 5.30. The summed E-state index contributed by atoms with van der Waals surface area (Å²) in [6.07, 6.45) is -14.3. The van der Waals surface area contributed by atoms with Crippen LogP contribution in [-0.4, -0.2) is 126 Å². The Morgan fingerprint density at radius 3 is 1.89 bits per heavy atom. The molecule has 2 fully saturated rings. The fourth-order valence-electron chi connectivity index (χ4n) is 3.38. The van der Waals surface area contributed by atoms with Gasteiger partial charge in [-0.05, 0) is 0 Å². The van der Waals surface area contributed by atoms with Crippen LogP contribution >= 0.6 is 0 Å². The third-order valence-electron chi connectivity index (χ3n) is 4.54. The molecule has 224 valence electrons.